The second-order valence-corrected chi connectivity index (χ2v) is 5.56. The summed E-state index contributed by atoms with van der Waals surface area (Å²) in [4.78, 5) is 15.5. The van der Waals surface area contributed by atoms with Crippen LogP contribution in [0.15, 0.2) is 29.2 Å². The Kier molecular flexibility index (Phi) is 5.28. The molecule has 0 saturated carbocycles. The first-order valence-electron chi connectivity index (χ1n) is 6.79. The van der Waals surface area contributed by atoms with E-state index in [-0.39, 0.29) is 5.91 Å². The quantitative estimate of drug-likeness (QED) is 0.793. The molecule has 0 aromatic heterocycles. The van der Waals surface area contributed by atoms with Crippen LogP contribution < -0.4 is 0 Å². The minimum absolute atomic E-state index is 0.141. The first-order valence-corrected chi connectivity index (χ1v) is 8.02. The molecule has 3 nitrogen and oxygen atoms in total. The molecule has 0 radical (unpaired) electrons. The summed E-state index contributed by atoms with van der Waals surface area (Å²) >= 11 is 1.69. The molecule has 0 N–H and O–H groups in total. The van der Waals surface area contributed by atoms with E-state index in [9.17, 15) is 4.79 Å². The summed E-state index contributed by atoms with van der Waals surface area (Å²) in [6.45, 7) is 4.38. The third kappa shape index (κ3) is 3.74. The normalized spacial score (nSPS) is 16.6. The van der Waals surface area contributed by atoms with Crippen molar-refractivity contribution in [2.45, 2.75) is 30.8 Å². The third-order valence-electron chi connectivity index (χ3n) is 3.47. The summed E-state index contributed by atoms with van der Waals surface area (Å²) in [5.74, 6) is 0.141. The lowest BCUT2D eigenvalue weighted by Crippen LogP contribution is -2.40. The maximum atomic E-state index is 12.3. The van der Waals surface area contributed by atoms with E-state index in [4.69, 9.17) is 4.74 Å². The first-order chi connectivity index (χ1) is 9.24. The number of likely N-dealkylation sites (tertiary alicyclic amines) is 1. The fourth-order valence-corrected chi connectivity index (χ4v) is 2.79. The van der Waals surface area contributed by atoms with Crippen LogP contribution in [0.1, 0.15) is 30.1 Å². The molecule has 1 fully saturated rings. The predicted octanol–water partition coefficient (Wildman–Crippen LogP) is 3.05. The average Bonchev–Trinajstić information content (AvgIpc) is 2.48. The Morgan fingerprint density at radius 3 is 2.47 bits per heavy atom. The largest absolute Gasteiger partial charge is 0.378 e. The van der Waals surface area contributed by atoms with Crippen LogP contribution in [0, 0.1) is 0 Å². The van der Waals surface area contributed by atoms with Gasteiger partial charge in [0.05, 0.1) is 6.10 Å². The number of piperidine rings is 1. The van der Waals surface area contributed by atoms with E-state index in [1.54, 1.807) is 11.8 Å². The monoisotopic (exact) mass is 279 g/mol. The van der Waals surface area contributed by atoms with Crippen LogP contribution in [0.3, 0.4) is 0 Å². The molecular formula is C15H21NO2S. The van der Waals surface area contributed by atoms with Crippen LogP contribution in [0.5, 0.6) is 0 Å². The van der Waals surface area contributed by atoms with Gasteiger partial charge in [0, 0.05) is 30.2 Å². The van der Waals surface area contributed by atoms with Crippen molar-refractivity contribution in [2.75, 3.05) is 26.0 Å². The Balaban J connectivity index is 1.93. The van der Waals surface area contributed by atoms with Crippen LogP contribution in [-0.2, 0) is 4.74 Å². The second kappa shape index (κ2) is 6.96. The average molecular weight is 279 g/mol. The van der Waals surface area contributed by atoms with Gasteiger partial charge in [-0.2, -0.15) is 0 Å². The topological polar surface area (TPSA) is 29.5 Å². The van der Waals surface area contributed by atoms with Crippen LogP contribution in [0.2, 0.25) is 0 Å². The van der Waals surface area contributed by atoms with E-state index in [0.29, 0.717) is 6.10 Å². The van der Waals surface area contributed by atoms with E-state index in [0.717, 1.165) is 38.1 Å². The summed E-state index contributed by atoms with van der Waals surface area (Å²) in [5, 5.41) is 0. The van der Waals surface area contributed by atoms with Gasteiger partial charge in [0.2, 0.25) is 0 Å². The molecule has 1 aromatic rings. The van der Waals surface area contributed by atoms with Gasteiger partial charge in [-0.3, -0.25) is 4.79 Å². The smallest absolute Gasteiger partial charge is 0.253 e. The number of amides is 1. The zero-order valence-electron chi connectivity index (χ0n) is 11.6. The van der Waals surface area contributed by atoms with E-state index >= 15 is 0 Å². The van der Waals surface area contributed by atoms with Crippen LogP contribution in [-0.4, -0.2) is 42.9 Å². The number of rotatable bonds is 4. The molecule has 104 valence electrons. The number of ether oxygens (including phenoxy) is 1. The van der Waals surface area contributed by atoms with Crippen molar-refractivity contribution in [1.82, 2.24) is 4.90 Å². The Bertz CT molecular complexity index is 411. The number of thioether (sulfide) groups is 1. The van der Waals surface area contributed by atoms with Crippen LogP contribution in [0.4, 0.5) is 0 Å². The summed E-state index contributed by atoms with van der Waals surface area (Å²) in [7, 11) is 0. The summed E-state index contributed by atoms with van der Waals surface area (Å²) in [6.07, 6.45) is 4.26. The lowest BCUT2D eigenvalue weighted by atomic mass is 10.1. The number of carbonyl (C=O) groups excluding carboxylic acids is 1. The Morgan fingerprint density at radius 2 is 1.95 bits per heavy atom. The van der Waals surface area contributed by atoms with Crippen molar-refractivity contribution in [1.29, 1.82) is 0 Å². The molecule has 1 aromatic carbocycles. The highest BCUT2D eigenvalue weighted by molar-refractivity contribution is 7.98. The molecule has 4 heteroatoms. The van der Waals surface area contributed by atoms with Gasteiger partial charge in [-0.05, 0) is 50.3 Å². The SMILES string of the molecule is CCOC1CCN(C(=O)c2ccc(SC)cc2)CC1. The van der Waals surface area contributed by atoms with Crippen molar-refractivity contribution < 1.29 is 9.53 Å². The van der Waals surface area contributed by atoms with Crippen molar-refractivity contribution >= 4 is 17.7 Å². The van der Waals surface area contributed by atoms with E-state index in [1.165, 1.54) is 4.90 Å². The van der Waals surface area contributed by atoms with Gasteiger partial charge in [0.25, 0.3) is 5.91 Å². The van der Waals surface area contributed by atoms with Gasteiger partial charge < -0.3 is 9.64 Å². The number of benzene rings is 1. The molecule has 1 aliphatic rings. The molecule has 19 heavy (non-hydrogen) atoms. The molecule has 0 aliphatic carbocycles. The first kappa shape index (κ1) is 14.4. The molecule has 0 atom stereocenters. The van der Waals surface area contributed by atoms with Gasteiger partial charge in [-0.15, -0.1) is 11.8 Å². The summed E-state index contributed by atoms with van der Waals surface area (Å²) in [5.41, 5.74) is 0.785. The van der Waals surface area contributed by atoms with Crippen molar-refractivity contribution in [3.8, 4) is 0 Å². The molecule has 0 spiro atoms. The molecule has 1 saturated heterocycles. The van der Waals surface area contributed by atoms with E-state index < -0.39 is 0 Å². The van der Waals surface area contributed by atoms with Gasteiger partial charge in [-0.25, -0.2) is 0 Å². The fraction of sp³-hybridized carbons (Fsp3) is 0.533. The Labute approximate surface area is 119 Å². The molecule has 1 amide bonds. The number of nitrogens with zero attached hydrogens (tertiary/aromatic N) is 1. The molecule has 1 aliphatic heterocycles. The maximum absolute atomic E-state index is 12.3. The maximum Gasteiger partial charge on any atom is 0.253 e. The highest BCUT2D eigenvalue weighted by Gasteiger charge is 2.23. The summed E-state index contributed by atoms with van der Waals surface area (Å²) < 4.78 is 5.61. The van der Waals surface area contributed by atoms with Gasteiger partial charge in [0.15, 0.2) is 0 Å². The van der Waals surface area contributed by atoms with Gasteiger partial charge >= 0.3 is 0 Å². The van der Waals surface area contributed by atoms with Crippen molar-refractivity contribution in [3.63, 3.8) is 0 Å². The molecular weight excluding hydrogens is 258 g/mol. The zero-order valence-corrected chi connectivity index (χ0v) is 12.4. The van der Waals surface area contributed by atoms with Gasteiger partial charge in [-0.1, -0.05) is 0 Å². The Morgan fingerprint density at radius 1 is 1.32 bits per heavy atom. The third-order valence-corrected chi connectivity index (χ3v) is 4.21. The highest BCUT2D eigenvalue weighted by atomic mass is 32.2. The standard InChI is InChI=1S/C15H21NO2S/c1-3-18-13-8-10-16(11-9-13)15(17)12-4-6-14(19-2)7-5-12/h4-7,13H,3,8-11H2,1-2H3. The molecule has 0 bridgehead atoms. The van der Waals surface area contributed by atoms with Crippen molar-refractivity contribution in [3.05, 3.63) is 29.8 Å². The number of carbonyl (C=O) groups is 1. The second-order valence-electron chi connectivity index (χ2n) is 4.68. The minimum Gasteiger partial charge on any atom is -0.378 e. The summed E-state index contributed by atoms with van der Waals surface area (Å²) in [6, 6.07) is 7.85. The number of hydrogen-bond donors (Lipinski definition) is 0. The van der Waals surface area contributed by atoms with Gasteiger partial charge in [0.1, 0.15) is 0 Å². The van der Waals surface area contributed by atoms with E-state index in [2.05, 4.69) is 0 Å². The fourth-order valence-electron chi connectivity index (χ4n) is 2.38. The van der Waals surface area contributed by atoms with E-state index in [1.807, 2.05) is 42.3 Å². The zero-order chi connectivity index (χ0) is 13.7. The van der Waals surface area contributed by atoms with Crippen LogP contribution >= 0.6 is 11.8 Å². The predicted molar refractivity (Wildman–Crippen MR) is 78.8 cm³/mol. The lowest BCUT2D eigenvalue weighted by molar-refractivity contribution is 0.0146. The Hall–Kier alpha value is -1.00. The molecule has 2 rings (SSSR count). The minimum atomic E-state index is 0.141. The number of hydrogen-bond acceptors (Lipinski definition) is 3. The highest BCUT2D eigenvalue weighted by Crippen LogP contribution is 2.19. The molecule has 0 unspecified atom stereocenters. The lowest BCUT2D eigenvalue weighted by Gasteiger charge is -2.31. The van der Waals surface area contributed by atoms with Crippen molar-refractivity contribution in [2.24, 2.45) is 0 Å². The van der Waals surface area contributed by atoms with Crippen LogP contribution in [0.25, 0.3) is 0 Å². The molecule has 1 heterocycles.